The van der Waals surface area contributed by atoms with E-state index in [0.717, 1.165) is 11.3 Å². The van der Waals surface area contributed by atoms with Crippen molar-refractivity contribution in [2.45, 2.75) is 26.8 Å². The molecule has 0 atom stereocenters. The van der Waals surface area contributed by atoms with Gasteiger partial charge in [-0.1, -0.05) is 18.2 Å². The second-order valence-electron chi connectivity index (χ2n) is 4.98. The van der Waals surface area contributed by atoms with Crippen molar-refractivity contribution < 1.29 is 17.9 Å². The molecule has 4 nitrogen and oxygen atoms in total. The fourth-order valence-corrected chi connectivity index (χ4v) is 1.91. The molecule has 0 fully saturated rings. The summed E-state index contributed by atoms with van der Waals surface area (Å²) in [7, 11) is 1.74. The molecule has 0 radical (unpaired) electrons. The Kier molecular flexibility index (Phi) is 4.54. The largest absolute Gasteiger partial charge is 0.573 e. The van der Waals surface area contributed by atoms with E-state index in [1.54, 1.807) is 24.1 Å². The Bertz CT molecular complexity index is 659. The molecule has 0 aliphatic heterocycles. The van der Waals surface area contributed by atoms with Gasteiger partial charge < -0.3 is 9.64 Å². The van der Waals surface area contributed by atoms with Crippen molar-refractivity contribution in [3.8, 4) is 5.75 Å². The number of rotatable bonds is 4. The van der Waals surface area contributed by atoms with E-state index in [9.17, 15) is 13.2 Å². The highest BCUT2D eigenvalue weighted by molar-refractivity contribution is 5.43. The van der Waals surface area contributed by atoms with E-state index in [2.05, 4.69) is 14.9 Å². The number of aromatic nitrogens is 2. The number of para-hydroxylation sites is 1. The lowest BCUT2D eigenvalue weighted by atomic mass is 10.2. The molecule has 1 aromatic heterocycles. The van der Waals surface area contributed by atoms with Crippen LogP contribution in [-0.4, -0.2) is 23.6 Å². The van der Waals surface area contributed by atoms with Gasteiger partial charge in [0, 0.05) is 19.2 Å². The summed E-state index contributed by atoms with van der Waals surface area (Å²) < 4.78 is 41.3. The van der Waals surface area contributed by atoms with Crippen LogP contribution in [0.15, 0.2) is 30.3 Å². The van der Waals surface area contributed by atoms with Gasteiger partial charge in [0.25, 0.3) is 0 Å². The van der Waals surface area contributed by atoms with Crippen LogP contribution in [0.3, 0.4) is 0 Å². The molecule has 118 valence electrons. The number of hydrogen-bond donors (Lipinski definition) is 0. The fraction of sp³-hybridized carbons (Fsp3) is 0.333. The zero-order valence-electron chi connectivity index (χ0n) is 12.5. The van der Waals surface area contributed by atoms with Crippen molar-refractivity contribution in [3.05, 3.63) is 47.2 Å². The van der Waals surface area contributed by atoms with Crippen molar-refractivity contribution in [1.82, 2.24) is 10.2 Å². The summed E-state index contributed by atoms with van der Waals surface area (Å²) >= 11 is 0. The Hall–Kier alpha value is -2.31. The van der Waals surface area contributed by atoms with E-state index in [0.29, 0.717) is 11.4 Å². The van der Waals surface area contributed by atoms with Crippen LogP contribution in [0, 0.1) is 13.8 Å². The first-order valence-corrected chi connectivity index (χ1v) is 6.62. The number of nitrogens with zero attached hydrogens (tertiary/aromatic N) is 3. The summed E-state index contributed by atoms with van der Waals surface area (Å²) in [5.41, 5.74) is 2.21. The summed E-state index contributed by atoms with van der Waals surface area (Å²) in [6, 6.07) is 7.89. The van der Waals surface area contributed by atoms with Gasteiger partial charge in [0.15, 0.2) is 5.82 Å². The van der Waals surface area contributed by atoms with Crippen LogP contribution in [-0.2, 0) is 6.54 Å². The monoisotopic (exact) mass is 311 g/mol. The topological polar surface area (TPSA) is 38.2 Å². The Labute approximate surface area is 126 Å². The molecule has 0 unspecified atom stereocenters. The lowest BCUT2D eigenvalue weighted by Crippen LogP contribution is -2.22. The number of anilines is 1. The lowest BCUT2D eigenvalue weighted by molar-refractivity contribution is -0.274. The standard InChI is InChI=1S/C15H16F3N3O/c1-10-8-14(20-19-11(10)2)21(3)9-12-6-4-5-7-13(12)22-15(16,17)18/h4-8H,9H2,1-3H3. The molecular formula is C15H16F3N3O. The summed E-state index contributed by atoms with van der Waals surface area (Å²) in [6.07, 6.45) is -4.71. The minimum absolute atomic E-state index is 0.210. The van der Waals surface area contributed by atoms with Crippen LogP contribution >= 0.6 is 0 Å². The first-order chi connectivity index (χ1) is 10.3. The van der Waals surface area contributed by atoms with Gasteiger partial charge in [-0.05, 0) is 31.5 Å². The number of hydrogen-bond acceptors (Lipinski definition) is 4. The molecule has 0 saturated carbocycles. The van der Waals surface area contributed by atoms with Crippen LogP contribution < -0.4 is 9.64 Å². The second-order valence-corrected chi connectivity index (χ2v) is 4.98. The normalized spacial score (nSPS) is 11.4. The van der Waals surface area contributed by atoms with E-state index in [-0.39, 0.29) is 12.3 Å². The zero-order chi connectivity index (χ0) is 16.3. The lowest BCUT2D eigenvalue weighted by Gasteiger charge is -2.20. The Balaban J connectivity index is 2.21. The maximum Gasteiger partial charge on any atom is 0.573 e. The number of halogens is 3. The van der Waals surface area contributed by atoms with Gasteiger partial charge in [0.1, 0.15) is 5.75 Å². The van der Waals surface area contributed by atoms with E-state index in [1.807, 2.05) is 19.9 Å². The predicted octanol–water partition coefficient (Wildman–Crippen LogP) is 3.63. The molecule has 1 heterocycles. The maximum absolute atomic E-state index is 12.4. The van der Waals surface area contributed by atoms with Gasteiger partial charge in [-0.25, -0.2) is 0 Å². The van der Waals surface area contributed by atoms with Gasteiger partial charge in [0.2, 0.25) is 0 Å². The SMILES string of the molecule is Cc1cc(N(C)Cc2ccccc2OC(F)(F)F)nnc1C. The van der Waals surface area contributed by atoms with Crippen LogP contribution in [0.1, 0.15) is 16.8 Å². The van der Waals surface area contributed by atoms with E-state index in [1.165, 1.54) is 12.1 Å². The summed E-state index contributed by atoms with van der Waals surface area (Å²) in [4.78, 5) is 1.72. The molecule has 7 heteroatoms. The minimum Gasteiger partial charge on any atom is -0.405 e. The van der Waals surface area contributed by atoms with E-state index < -0.39 is 6.36 Å². The number of benzene rings is 1. The Morgan fingerprint density at radius 2 is 1.82 bits per heavy atom. The molecule has 0 amide bonds. The van der Waals surface area contributed by atoms with Crippen molar-refractivity contribution in [2.75, 3.05) is 11.9 Å². The van der Waals surface area contributed by atoms with Crippen LogP contribution in [0.4, 0.5) is 19.0 Å². The van der Waals surface area contributed by atoms with Gasteiger partial charge in [-0.3, -0.25) is 0 Å². The van der Waals surface area contributed by atoms with Gasteiger partial charge >= 0.3 is 6.36 Å². The summed E-state index contributed by atoms with van der Waals surface area (Å²) in [5, 5.41) is 8.07. The highest BCUT2D eigenvalue weighted by Gasteiger charge is 2.32. The smallest absolute Gasteiger partial charge is 0.405 e. The highest BCUT2D eigenvalue weighted by Crippen LogP contribution is 2.27. The summed E-state index contributed by atoms with van der Waals surface area (Å²) in [6.45, 7) is 3.98. The maximum atomic E-state index is 12.4. The summed E-state index contributed by atoms with van der Waals surface area (Å²) in [5.74, 6) is 0.378. The van der Waals surface area contributed by atoms with Crippen molar-refractivity contribution in [1.29, 1.82) is 0 Å². The Morgan fingerprint density at radius 3 is 2.45 bits per heavy atom. The number of alkyl halides is 3. The highest BCUT2D eigenvalue weighted by atomic mass is 19.4. The van der Waals surface area contributed by atoms with Crippen LogP contribution in [0.5, 0.6) is 5.75 Å². The molecule has 0 spiro atoms. The molecule has 0 bridgehead atoms. The molecule has 0 N–H and O–H groups in total. The first-order valence-electron chi connectivity index (χ1n) is 6.62. The average Bonchev–Trinajstić information content (AvgIpc) is 2.42. The van der Waals surface area contributed by atoms with Crippen molar-refractivity contribution in [2.24, 2.45) is 0 Å². The molecule has 0 saturated heterocycles. The molecular weight excluding hydrogens is 295 g/mol. The number of aryl methyl sites for hydroxylation is 2. The second kappa shape index (κ2) is 6.21. The van der Waals surface area contributed by atoms with Crippen molar-refractivity contribution in [3.63, 3.8) is 0 Å². The van der Waals surface area contributed by atoms with Gasteiger partial charge in [-0.15, -0.1) is 18.3 Å². The van der Waals surface area contributed by atoms with Gasteiger partial charge in [-0.2, -0.15) is 5.10 Å². The third kappa shape index (κ3) is 4.09. The van der Waals surface area contributed by atoms with Crippen LogP contribution in [0.25, 0.3) is 0 Å². The molecule has 1 aromatic carbocycles. The van der Waals surface area contributed by atoms with Crippen LogP contribution in [0.2, 0.25) is 0 Å². The fourth-order valence-electron chi connectivity index (χ4n) is 1.91. The number of ether oxygens (including phenoxy) is 1. The van der Waals surface area contributed by atoms with Crippen molar-refractivity contribution >= 4 is 5.82 Å². The quantitative estimate of drug-likeness (QED) is 0.864. The molecule has 2 aromatic rings. The minimum atomic E-state index is -4.71. The molecule has 0 aliphatic carbocycles. The van der Waals surface area contributed by atoms with E-state index >= 15 is 0 Å². The zero-order valence-corrected chi connectivity index (χ0v) is 12.5. The first kappa shape index (κ1) is 16.1. The molecule has 0 aliphatic rings. The Morgan fingerprint density at radius 1 is 1.14 bits per heavy atom. The third-order valence-corrected chi connectivity index (χ3v) is 3.22. The third-order valence-electron chi connectivity index (χ3n) is 3.22. The van der Waals surface area contributed by atoms with E-state index in [4.69, 9.17) is 0 Å². The van der Waals surface area contributed by atoms with Gasteiger partial charge in [0.05, 0.1) is 5.69 Å². The molecule has 22 heavy (non-hydrogen) atoms. The average molecular weight is 311 g/mol. The predicted molar refractivity (Wildman–Crippen MR) is 76.7 cm³/mol. The molecule has 2 rings (SSSR count).